The number of nitrogens with zero attached hydrogens (tertiary/aromatic N) is 1. The summed E-state index contributed by atoms with van der Waals surface area (Å²) in [6.07, 6.45) is 3.53. The van der Waals surface area contributed by atoms with Crippen LogP contribution in [0.4, 0.5) is 0 Å². The number of hydrogen-bond donors (Lipinski definition) is 0. The van der Waals surface area contributed by atoms with Crippen molar-refractivity contribution in [1.82, 2.24) is 4.90 Å². The fraction of sp³-hybridized carbons (Fsp3) is 0.375. The Morgan fingerprint density at radius 1 is 0.897 bits per heavy atom. The zero-order valence-electron chi connectivity index (χ0n) is 17.0. The van der Waals surface area contributed by atoms with Gasteiger partial charge in [-0.3, -0.25) is 14.4 Å². The standard InChI is InChI=1S/C24H27NO4/c1-3-5-6-9-16-29-24(21(26)18-14-12-17(4-2)13-15-18)25-22(27)19-10-7-8-11-20(19)23(25)28/h7-8,10-15,24H,3-6,9,16H2,1-2H3. The number of amides is 2. The van der Waals surface area contributed by atoms with Gasteiger partial charge in [0.05, 0.1) is 11.1 Å². The first-order valence-electron chi connectivity index (χ1n) is 10.3. The van der Waals surface area contributed by atoms with E-state index in [1.54, 1.807) is 36.4 Å². The van der Waals surface area contributed by atoms with Crippen molar-refractivity contribution in [2.75, 3.05) is 6.61 Å². The first kappa shape index (κ1) is 20.9. The third-order valence-corrected chi connectivity index (χ3v) is 5.20. The van der Waals surface area contributed by atoms with Gasteiger partial charge in [0.2, 0.25) is 12.0 Å². The minimum absolute atomic E-state index is 0.311. The molecule has 1 heterocycles. The van der Waals surface area contributed by atoms with Gasteiger partial charge in [-0.15, -0.1) is 0 Å². The Morgan fingerprint density at radius 2 is 1.52 bits per heavy atom. The van der Waals surface area contributed by atoms with E-state index in [0.29, 0.717) is 23.3 Å². The third-order valence-electron chi connectivity index (χ3n) is 5.20. The summed E-state index contributed by atoms with van der Waals surface area (Å²) < 4.78 is 5.85. The summed E-state index contributed by atoms with van der Waals surface area (Å²) in [6.45, 7) is 4.47. The molecular weight excluding hydrogens is 366 g/mol. The highest BCUT2D eigenvalue weighted by molar-refractivity contribution is 6.23. The molecule has 5 nitrogen and oxygen atoms in total. The number of Topliss-reactive ketones (excluding diaryl/α,β-unsaturated/α-hetero) is 1. The van der Waals surface area contributed by atoms with Crippen LogP contribution in [0.1, 0.15) is 76.2 Å². The summed E-state index contributed by atoms with van der Waals surface area (Å²) in [5.74, 6) is -1.34. The lowest BCUT2D eigenvalue weighted by Crippen LogP contribution is -2.46. The van der Waals surface area contributed by atoms with Gasteiger partial charge in [-0.2, -0.15) is 0 Å². The highest BCUT2D eigenvalue weighted by atomic mass is 16.5. The zero-order valence-corrected chi connectivity index (χ0v) is 17.0. The number of unbranched alkanes of at least 4 members (excludes halogenated alkanes) is 3. The SMILES string of the molecule is CCCCCCOC(C(=O)c1ccc(CC)cc1)N1C(=O)c2ccccc2C1=O. The molecule has 0 saturated heterocycles. The zero-order chi connectivity index (χ0) is 20.8. The Morgan fingerprint density at radius 3 is 2.07 bits per heavy atom. The second-order valence-electron chi connectivity index (χ2n) is 7.22. The summed E-state index contributed by atoms with van der Waals surface area (Å²) in [5, 5.41) is 0. The van der Waals surface area contributed by atoms with Crippen LogP contribution in [-0.4, -0.2) is 35.3 Å². The van der Waals surface area contributed by atoms with Gasteiger partial charge in [0.15, 0.2) is 0 Å². The number of rotatable bonds is 10. The lowest BCUT2D eigenvalue weighted by Gasteiger charge is -2.25. The summed E-state index contributed by atoms with van der Waals surface area (Å²) in [6, 6.07) is 13.9. The van der Waals surface area contributed by atoms with Crippen molar-refractivity contribution in [3.63, 3.8) is 0 Å². The normalized spacial score (nSPS) is 14.2. The number of carbonyl (C=O) groups is 3. The monoisotopic (exact) mass is 393 g/mol. The number of imide groups is 1. The molecule has 152 valence electrons. The molecule has 29 heavy (non-hydrogen) atoms. The van der Waals surface area contributed by atoms with E-state index >= 15 is 0 Å². The van der Waals surface area contributed by atoms with Crippen LogP contribution in [0, 0.1) is 0 Å². The maximum absolute atomic E-state index is 13.2. The Labute approximate surface area is 171 Å². The molecule has 0 aliphatic carbocycles. The minimum atomic E-state index is -1.25. The predicted octanol–water partition coefficient (Wildman–Crippen LogP) is 4.65. The number of aryl methyl sites for hydroxylation is 1. The van der Waals surface area contributed by atoms with Crippen molar-refractivity contribution in [1.29, 1.82) is 0 Å². The molecular formula is C24H27NO4. The Kier molecular flexibility index (Phi) is 6.94. The van der Waals surface area contributed by atoms with Gasteiger partial charge in [-0.05, 0) is 30.5 Å². The number of benzene rings is 2. The molecule has 2 aromatic carbocycles. The van der Waals surface area contributed by atoms with Crippen molar-refractivity contribution < 1.29 is 19.1 Å². The number of ether oxygens (including phenoxy) is 1. The molecule has 2 aromatic rings. The predicted molar refractivity (Wildman–Crippen MR) is 111 cm³/mol. The Hall–Kier alpha value is -2.79. The Bertz CT molecular complexity index is 853. The molecule has 0 saturated carbocycles. The van der Waals surface area contributed by atoms with Gasteiger partial charge < -0.3 is 4.74 Å². The third kappa shape index (κ3) is 4.46. The van der Waals surface area contributed by atoms with Crippen LogP contribution in [0.25, 0.3) is 0 Å². The maximum atomic E-state index is 13.2. The van der Waals surface area contributed by atoms with E-state index in [9.17, 15) is 14.4 Å². The van der Waals surface area contributed by atoms with E-state index in [1.807, 2.05) is 19.1 Å². The quantitative estimate of drug-likeness (QED) is 0.335. The summed E-state index contributed by atoms with van der Waals surface area (Å²) in [7, 11) is 0. The van der Waals surface area contributed by atoms with E-state index in [2.05, 4.69) is 6.92 Å². The van der Waals surface area contributed by atoms with Crippen LogP contribution in [-0.2, 0) is 11.2 Å². The largest absolute Gasteiger partial charge is 0.350 e. The molecule has 1 atom stereocenters. The number of hydrogen-bond acceptors (Lipinski definition) is 4. The van der Waals surface area contributed by atoms with E-state index in [-0.39, 0.29) is 5.78 Å². The number of carbonyl (C=O) groups excluding carboxylic acids is 3. The first-order chi connectivity index (χ1) is 14.1. The molecule has 1 aliphatic rings. The Balaban J connectivity index is 1.85. The van der Waals surface area contributed by atoms with Crippen LogP contribution in [0.5, 0.6) is 0 Å². The molecule has 0 N–H and O–H groups in total. The molecule has 5 heteroatoms. The average molecular weight is 393 g/mol. The van der Waals surface area contributed by atoms with Crippen LogP contribution in [0.3, 0.4) is 0 Å². The van der Waals surface area contributed by atoms with Crippen molar-refractivity contribution in [3.05, 3.63) is 70.8 Å². The van der Waals surface area contributed by atoms with Gasteiger partial charge in [0.25, 0.3) is 11.8 Å². The lowest BCUT2D eigenvalue weighted by atomic mass is 10.1. The second-order valence-corrected chi connectivity index (χ2v) is 7.22. The summed E-state index contributed by atoms with van der Waals surface area (Å²) >= 11 is 0. The molecule has 0 radical (unpaired) electrons. The van der Waals surface area contributed by atoms with Crippen molar-refractivity contribution in [2.45, 2.75) is 52.2 Å². The molecule has 1 aliphatic heterocycles. The summed E-state index contributed by atoms with van der Waals surface area (Å²) in [4.78, 5) is 40.0. The van der Waals surface area contributed by atoms with Gasteiger partial charge >= 0.3 is 0 Å². The highest BCUT2D eigenvalue weighted by Gasteiger charge is 2.43. The van der Waals surface area contributed by atoms with Gasteiger partial charge in [-0.1, -0.05) is 69.5 Å². The second kappa shape index (κ2) is 9.61. The van der Waals surface area contributed by atoms with Gasteiger partial charge in [-0.25, -0.2) is 4.90 Å². The molecule has 2 amide bonds. The molecule has 0 spiro atoms. The minimum Gasteiger partial charge on any atom is -0.350 e. The van der Waals surface area contributed by atoms with Gasteiger partial charge in [0, 0.05) is 12.2 Å². The smallest absolute Gasteiger partial charge is 0.264 e. The fourth-order valence-corrected chi connectivity index (χ4v) is 3.46. The van der Waals surface area contributed by atoms with E-state index in [1.165, 1.54) is 0 Å². The topological polar surface area (TPSA) is 63.7 Å². The van der Waals surface area contributed by atoms with Crippen molar-refractivity contribution in [2.24, 2.45) is 0 Å². The fourth-order valence-electron chi connectivity index (χ4n) is 3.46. The average Bonchev–Trinajstić information content (AvgIpc) is 3.01. The summed E-state index contributed by atoms with van der Waals surface area (Å²) in [5.41, 5.74) is 2.16. The molecule has 1 unspecified atom stereocenters. The van der Waals surface area contributed by atoms with E-state index in [0.717, 1.165) is 42.6 Å². The van der Waals surface area contributed by atoms with Gasteiger partial charge in [0.1, 0.15) is 0 Å². The molecule has 3 rings (SSSR count). The molecule has 0 bridgehead atoms. The van der Waals surface area contributed by atoms with Crippen molar-refractivity contribution in [3.8, 4) is 0 Å². The van der Waals surface area contributed by atoms with Crippen LogP contribution in [0.15, 0.2) is 48.5 Å². The maximum Gasteiger partial charge on any atom is 0.264 e. The highest BCUT2D eigenvalue weighted by Crippen LogP contribution is 2.26. The first-order valence-corrected chi connectivity index (χ1v) is 10.3. The van der Waals surface area contributed by atoms with Crippen molar-refractivity contribution >= 4 is 17.6 Å². The van der Waals surface area contributed by atoms with Crippen LogP contribution < -0.4 is 0 Å². The molecule has 0 fully saturated rings. The van der Waals surface area contributed by atoms with E-state index in [4.69, 9.17) is 4.74 Å². The number of ketones is 1. The molecule has 0 aromatic heterocycles. The number of fused-ring (bicyclic) bond motifs is 1. The van der Waals surface area contributed by atoms with Crippen LogP contribution in [0.2, 0.25) is 0 Å². The van der Waals surface area contributed by atoms with E-state index < -0.39 is 18.0 Å². The van der Waals surface area contributed by atoms with Crippen LogP contribution >= 0.6 is 0 Å². The lowest BCUT2D eigenvalue weighted by molar-refractivity contribution is -0.0218.